The Kier molecular flexibility index (Phi) is 7.34. The second kappa shape index (κ2) is 10.4. The van der Waals surface area contributed by atoms with E-state index in [0.29, 0.717) is 42.4 Å². The van der Waals surface area contributed by atoms with Gasteiger partial charge in [0.25, 0.3) is 0 Å². The molecule has 3 unspecified atom stereocenters. The van der Waals surface area contributed by atoms with Crippen LogP contribution < -0.4 is 5.32 Å². The standard InChI is InChI=1S/C33H49NO8/c1-15-11-22-26(34-13-15)17(3)33(42-22)10-8-20-21-6-5-18-12-19(40-31-30(39)29(38)27(36)23(14-35)41-31)7-9-32(18,4)25(21)28(37)24(20)16(33)2/h5,15,17,19-23,25-27,29-31,34-36,38-39H,6-14H2,1-4H3/t15-,17+,19-,20?,21-,22+,23+,25?,26?,27+,29+,30+,31+,32-,33-/m0/s1. The number of aliphatic hydroxyl groups is 4. The molecule has 234 valence electrons. The zero-order chi connectivity index (χ0) is 29.7. The summed E-state index contributed by atoms with van der Waals surface area (Å²) in [5.74, 6) is 1.81. The Morgan fingerprint density at radius 2 is 1.90 bits per heavy atom. The molecule has 7 aliphatic rings. The van der Waals surface area contributed by atoms with Gasteiger partial charge in [-0.1, -0.05) is 32.4 Å². The summed E-state index contributed by atoms with van der Waals surface area (Å²) in [5, 5.41) is 44.2. The van der Waals surface area contributed by atoms with Crippen LogP contribution in [0.4, 0.5) is 0 Å². The van der Waals surface area contributed by atoms with E-state index in [9.17, 15) is 25.2 Å². The number of ether oxygens (including phenoxy) is 3. The molecule has 5 fully saturated rings. The smallest absolute Gasteiger partial charge is 0.186 e. The number of carbonyl (C=O) groups excluding carboxylic acids is 1. The topological polar surface area (TPSA) is 138 Å². The predicted octanol–water partition coefficient (Wildman–Crippen LogP) is 2.01. The number of ketones is 1. The summed E-state index contributed by atoms with van der Waals surface area (Å²) in [6.45, 7) is 9.60. The van der Waals surface area contributed by atoms with Crippen molar-refractivity contribution in [2.45, 2.75) is 127 Å². The van der Waals surface area contributed by atoms with Crippen LogP contribution in [0.2, 0.25) is 0 Å². The summed E-state index contributed by atoms with van der Waals surface area (Å²) in [6, 6.07) is 0.344. The van der Waals surface area contributed by atoms with Gasteiger partial charge in [-0.3, -0.25) is 4.79 Å². The molecule has 15 atom stereocenters. The van der Waals surface area contributed by atoms with Gasteiger partial charge in [-0.2, -0.15) is 0 Å². The number of piperidine rings is 1. The van der Waals surface area contributed by atoms with Gasteiger partial charge in [-0.25, -0.2) is 0 Å². The molecule has 3 heterocycles. The number of carbonyl (C=O) groups is 1. The maximum absolute atomic E-state index is 14.5. The number of Topliss-reactive ketones (excluding diaryl/α,β-unsaturated/α-hetero) is 1. The maximum Gasteiger partial charge on any atom is 0.186 e. The fourth-order valence-electron chi connectivity index (χ4n) is 10.4. The molecule has 1 spiro atoms. The summed E-state index contributed by atoms with van der Waals surface area (Å²) in [4.78, 5) is 14.5. The van der Waals surface area contributed by atoms with Crippen LogP contribution in [0.1, 0.15) is 72.6 Å². The lowest BCUT2D eigenvalue weighted by atomic mass is 9.56. The van der Waals surface area contributed by atoms with E-state index in [0.717, 1.165) is 44.2 Å². The minimum absolute atomic E-state index is 0.0482. The number of fused-ring (bicyclic) bond motifs is 6. The number of rotatable bonds is 3. The molecular weight excluding hydrogens is 538 g/mol. The molecule has 42 heavy (non-hydrogen) atoms. The molecule has 0 aromatic heterocycles. The van der Waals surface area contributed by atoms with Gasteiger partial charge in [0.1, 0.15) is 24.4 Å². The molecule has 0 amide bonds. The van der Waals surface area contributed by atoms with Crippen molar-refractivity contribution < 1.29 is 39.4 Å². The zero-order valence-corrected chi connectivity index (χ0v) is 25.4. The third kappa shape index (κ3) is 4.14. The molecule has 5 N–H and O–H groups in total. The molecule has 0 aromatic rings. The normalized spacial score (nSPS) is 53.9. The van der Waals surface area contributed by atoms with Gasteiger partial charge in [0, 0.05) is 23.5 Å². The number of nitrogens with one attached hydrogen (secondary N) is 1. The monoisotopic (exact) mass is 587 g/mol. The van der Waals surface area contributed by atoms with E-state index >= 15 is 0 Å². The average molecular weight is 588 g/mol. The summed E-state index contributed by atoms with van der Waals surface area (Å²) < 4.78 is 18.8. The van der Waals surface area contributed by atoms with Crippen molar-refractivity contribution in [3.8, 4) is 0 Å². The maximum atomic E-state index is 14.5. The summed E-state index contributed by atoms with van der Waals surface area (Å²) in [7, 11) is 0. The van der Waals surface area contributed by atoms with Crippen LogP contribution in [0.15, 0.2) is 22.8 Å². The number of hydrogen-bond donors (Lipinski definition) is 5. The molecule has 7 rings (SSSR count). The lowest BCUT2D eigenvalue weighted by Gasteiger charge is -2.49. The van der Waals surface area contributed by atoms with E-state index in [1.807, 2.05) is 0 Å². The van der Waals surface area contributed by atoms with E-state index in [2.05, 4.69) is 39.1 Å². The molecule has 0 bridgehead atoms. The quantitative estimate of drug-likeness (QED) is 0.314. The van der Waals surface area contributed by atoms with Gasteiger partial charge >= 0.3 is 0 Å². The Morgan fingerprint density at radius 3 is 2.67 bits per heavy atom. The minimum atomic E-state index is -1.46. The van der Waals surface area contributed by atoms with Crippen LogP contribution in [-0.4, -0.2) is 93.9 Å². The van der Waals surface area contributed by atoms with Crippen molar-refractivity contribution in [1.82, 2.24) is 5.32 Å². The fraction of sp³-hybridized carbons (Fsp3) is 0.848. The molecule has 0 radical (unpaired) electrons. The molecule has 4 aliphatic carbocycles. The number of aliphatic hydroxyl groups excluding tert-OH is 4. The third-order valence-corrected chi connectivity index (χ3v) is 12.8. The summed E-state index contributed by atoms with van der Waals surface area (Å²) in [6.07, 6.45) is 1.93. The van der Waals surface area contributed by atoms with Crippen LogP contribution in [0.5, 0.6) is 0 Å². The Balaban J connectivity index is 1.11. The summed E-state index contributed by atoms with van der Waals surface area (Å²) in [5.41, 5.74) is 2.89. The van der Waals surface area contributed by atoms with Crippen molar-refractivity contribution >= 4 is 5.78 Å². The lowest BCUT2D eigenvalue weighted by molar-refractivity contribution is -0.312. The van der Waals surface area contributed by atoms with Crippen LogP contribution in [0, 0.1) is 35.0 Å². The summed E-state index contributed by atoms with van der Waals surface area (Å²) >= 11 is 0. The van der Waals surface area contributed by atoms with Crippen LogP contribution in [0.25, 0.3) is 0 Å². The van der Waals surface area contributed by atoms with E-state index in [4.69, 9.17) is 14.2 Å². The Morgan fingerprint density at radius 1 is 1.12 bits per heavy atom. The van der Waals surface area contributed by atoms with Crippen molar-refractivity contribution in [2.24, 2.45) is 35.0 Å². The van der Waals surface area contributed by atoms with Crippen LogP contribution in [-0.2, 0) is 19.0 Å². The predicted molar refractivity (Wildman–Crippen MR) is 153 cm³/mol. The van der Waals surface area contributed by atoms with E-state index in [1.165, 1.54) is 11.1 Å². The third-order valence-electron chi connectivity index (χ3n) is 12.8. The molecule has 2 saturated carbocycles. The highest BCUT2D eigenvalue weighted by Gasteiger charge is 2.63. The SMILES string of the molecule is CC1=C2C(=O)C3[C@@H](CC=C4C[C@@H](O[C@@H]5O[C@H](CO)[C@@H](O)[C@@H](O)[C@H]5O)CC[C@@]43C)C2CC[C@]12O[C@@H]1C[C@H](C)CNC1[C@H]2C. The number of allylic oxidation sites excluding steroid dienone is 2. The first kappa shape index (κ1) is 29.5. The average Bonchev–Trinajstić information content (AvgIpc) is 3.42. The van der Waals surface area contributed by atoms with Gasteiger partial charge in [0.05, 0.1) is 24.4 Å². The Bertz CT molecular complexity index is 1170. The van der Waals surface area contributed by atoms with Crippen molar-refractivity contribution in [2.75, 3.05) is 13.2 Å². The van der Waals surface area contributed by atoms with Gasteiger partial charge in [-0.05, 0) is 87.2 Å². The zero-order valence-electron chi connectivity index (χ0n) is 25.4. The highest BCUT2D eigenvalue weighted by atomic mass is 16.7. The van der Waals surface area contributed by atoms with Crippen molar-refractivity contribution in [1.29, 1.82) is 0 Å². The first-order valence-electron chi connectivity index (χ1n) is 16.3. The van der Waals surface area contributed by atoms with Gasteiger partial charge < -0.3 is 40.0 Å². The fourth-order valence-corrected chi connectivity index (χ4v) is 10.4. The molecule has 9 nitrogen and oxygen atoms in total. The second-order valence-electron chi connectivity index (χ2n) is 14.9. The van der Waals surface area contributed by atoms with Gasteiger partial charge in [-0.15, -0.1) is 0 Å². The Labute approximate surface area is 248 Å². The first-order chi connectivity index (χ1) is 20.0. The van der Waals surface area contributed by atoms with Gasteiger partial charge in [0.2, 0.25) is 0 Å². The molecule has 0 aromatic carbocycles. The van der Waals surface area contributed by atoms with Crippen LogP contribution in [0.3, 0.4) is 0 Å². The molecule has 9 heteroatoms. The Hall–Kier alpha value is -1.17. The van der Waals surface area contributed by atoms with E-state index < -0.39 is 37.3 Å². The highest BCUT2D eigenvalue weighted by Crippen LogP contribution is 2.64. The van der Waals surface area contributed by atoms with Gasteiger partial charge in [0.15, 0.2) is 12.1 Å². The van der Waals surface area contributed by atoms with Crippen LogP contribution >= 0.6 is 0 Å². The van der Waals surface area contributed by atoms with Crippen molar-refractivity contribution in [3.63, 3.8) is 0 Å². The van der Waals surface area contributed by atoms with E-state index in [1.54, 1.807) is 0 Å². The second-order valence-corrected chi connectivity index (χ2v) is 14.9. The largest absolute Gasteiger partial charge is 0.394 e. The lowest BCUT2D eigenvalue weighted by Crippen LogP contribution is -2.60. The molecular formula is C33H49NO8. The number of hydrogen-bond acceptors (Lipinski definition) is 9. The highest BCUT2D eigenvalue weighted by molar-refractivity contribution is 6.02. The first-order valence-corrected chi connectivity index (χ1v) is 16.3. The van der Waals surface area contributed by atoms with E-state index in [-0.39, 0.29) is 35.1 Å². The molecule has 3 saturated heterocycles. The van der Waals surface area contributed by atoms with Crippen molar-refractivity contribution in [3.05, 3.63) is 22.8 Å². The minimum Gasteiger partial charge on any atom is -0.394 e. The molecule has 3 aliphatic heterocycles.